The molecule has 2 N–H and O–H groups in total. The Kier molecular flexibility index (Phi) is 3.00. The summed E-state index contributed by atoms with van der Waals surface area (Å²) in [5.41, 5.74) is 6.56. The molecule has 0 amide bonds. The van der Waals surface area contributed by atoms with Crippen molar-refractivity contribution in [2.75, 3.05) is 12.0 Å². The molecule has 2 heterocycles. The van der Waals surface area contributed by atoms with Crippen molar-refractivity contribution in [2.45, 2.75) is 5.16 Å². The number of halogens is 1. The van der Waals surface area contributed by atoms with Crippen LogP contribution in [0.3, 0.4) is 0 Å². The highest BCUT2D eigenvalue weighted by Gasteiger charge is 2.13. The molecule has 0 atom stereocenters. The number of fused-ring (bicyclic) bond motifs is 1. The predicted octanol–water partition coefficient (Wildman–Crippen LogP) is 2.14. The van der Waals surface area contributed by atoms with Crippen LogP contribution >= 0.6 is 23.4 Å². The number of nitrogens with two attached hydrogens (primary N) is 1. The highest BCUT2D eigenvalue weighted by molar-refractivity contribution is 7.98. The molecule has 0 aliphatic rings. The molecule has 0 spiro atoms. The Balaban J connectivity index is 2.22. The van der Waals surface area contributed by atoms with Crippen molar-refractivity contribution in [2.24, 2.45) is 0 Å². The van der Waals surface area contributed by atoms with Gasteiger partial charge in [-0.25, -0.2) is 0 Å². The van der Waals surface area contributed by atoms with E-state index in [9.17, 15) is 0 Å². The quantitative estimate of drug-likeness (QED) is 0.729. The Morgan fingerprint density at radius 2 is 2.00 bits per heavy atom. The summed E-state index contributed by atoms with van der Waals surface area (Å²) in [6, 6.07) is 7.35. The molecule has 3 aromatic rings. The van der Waals surface area contributed by atoms with Crippen LogP contribution in [-0.4, -0.2) is 30.8 Å². The second-order valence-electron chi connectivity index (χ2n) is 3.70. The number of benzene rings is 1. The largest absolute Gasteiger partial charge is 0.368 e. The third kappa shape index (κ3) is 2.11. The van der Waals surface area contributed by atoms with Gasteiger partial charge in [-0.2, -0.15) is 19.5 Å². The molecule has 0 unspecified atom stereocenters. The summed E-state index contributed by atoms with van der Waals surface area (Å²) in [6.07, 6.45) is 1.87. The standard InChI is InChI=1S/C11H9ClN6S/c1-19-11-15-9(13)18-10(16-11)14-8(17-18)6-4-2-3-5-7(6)12/h2-5H,1H3,(H2,13,14,15,16,17). The van der Waals surface area contributed by atoms with E-state index in [2.05, 4.69) is 20.1 Å². The van der Waals surface area contributed by atoms with Gasteiger partial charge in [0.1, 0.15) is 0 Å². The second-order valence-corrected chi connectivity index (χ2v) is 4.88. The topological polar surface area (TPSA) is 82.0 Å². The number of hydrogen-bond donors (Lipinski definition) is 1. The van der Waals surface area contributed by atoms with Gasteiger partial charge in [-0.1, -0.05) is 35.5 Å². The Morgan fingerprint density at radius 3 is 2.74 bits per heavy atom. The van der Waals surface area contributed by atoms with Gasteiger partial charge in [0.05, 0.1) is 5.02 Å². The van der Waals surface area contributed by atoms with Crippen molar-refractivity contribution in [1.29, 1.82) is 0 Å². The lowest BCUT2D eigenvalue weighted by molar-refractivity contribution is 0.851. The zero-order chi connectivity index (χ0) is 13.4. The van der Waals surface area contributed by atoms with Crippen LogP contribution in [0, 0.1) is 0 Å². The van der Waals surface area contributed by atoms with Crippen LogP contribution in [0.1, 0.15) is 0 Å². The highest BCUT2D eigenvalue weighted by atomic mass is 35.5. The van der Waals surface area contributed by atoms with Crippen LogP contribution in [0.2, 0.25) is 5.02 Å². The minimum absolute atomic E-state index is 0.250. The first-order chi connectivity index (χ1) is 9.19. The molecule has 3 rings (SSSR count). The SMILES string of the molecule is CSc1nc(N)n2nc(-c3ccccc3Cl)nc2n1. The van der Waals surface area contributed by atoms with E-state index in [4.69, 9.17) is 17.3 Å². The van der Waals surface area contributed by atoms with E-state index in [-0.39, 0.29) is 5.95 Å². The summed E-state index contributed by atoms with van der Waals surface area (Å²) in [5.74, 6) is 1.14. The molecule has 19 heavy (non-hydrogen) atoms. The van der Waals surface area contributed by atoms with Gasteiger partial charge < -0.3 is 5.73 Å². The summed E-state index contributed by atoms with van der Waals surface area (Å²) in [5, 5.41) is 5.42. The summed E-state index contributed by atoms with van der Waals surface area (Å²) in [7, 11) is 0. The number of thioether (sulfide) groups is 1. The van der Waals surface area contributed by atoms with Crippen LogP contribution in [0.4, 0.5) is 5.95 Å². The van der Waals surface area contributed by atoms with Crippen molar-refractivity contribution in [1.82, 2.24) is 24.6 Å². The van der Waals surface area contributed by atoms with Gasteiger partial charge in [0.15, 0.2) is 11.0 Å². The van der Waals surface area contributed by atoms with Crippen molar-refractivity contribution in [3.05, 3.63) is 29.3 Å². The van der Waals surface area contributed by atoms with E-state index in [0.29, 0.717) is 21.8 Å². The lowest BCUT2D eigenvalue weighted by Gasteiger charge is -1.98. The number of anilines is 1. The van der Waals surface area contributed by atoms with E-state index in [1.807, 2.05) is 24.5 Å². The summed E-state index contributed by atoms with van der Waals surface area (Å²) >= 11 is 7.52. The van der Waals surface area contributed by atoms with Crippen molar-refractivity contribution in [3.63, 3.8) is 0 Å². The minimum atomic E-state index is 0.250. The van der Waals surface area contributed by atoms with E-state index in [1.165, 1.54) is 16.3 Å². The van der Waals surface area contributed by atoms with Gasteiger partial charge in [0.2, 0.25) is 5.95 Å². The molecule has 0 saturated carbocycles. The van der Waals surface area contributed by atoms with Gasteiger partial charge in [-0.15, -0.1) is 5.10 Å². The van der Waals surface area contributed by atoms with Gasteiger partial charge in [0, 0.05) is 5.56 Å². The lowest BCUT2D eigenvalue weighted by Crippen LogP contribution is -2.04. The maximum atomic E-state index is 6.12. The minimum Gasteiger partial charge on any atom is -0.368 e. The zero-order valence-electron chi connectivity index (χ0n) is 9.91. The van der Waals surface area contributed by atoms with E-state index in [0.717, 1.165) is 5.56 Å². The van der Waals surface area contributed by atoms with E-state index in [1.54, 1.807) is 6.07 Å². The Labute approximate surface area is 118 Å². The third-order valence-corrected chi connectivity index (χ3v) is 3.39. The molecule has 0 fully saturated rings. The predicted molar refractivity (Wildman–Crippen MR) is 75.2 cm³/mol. The van der Waals surface area contributed by atoms with Crippen LogP contribution in [-0.2, 0) is 0 Å². The molecule has 2 aromatic heterocycles. The molecule has 1 aromatic carbocycles. The molecule has 96 valence electrons. The average Bonchev–Trinajstić information content (AvgIpc) is 2.83. The fourth-order valence-corrected chi connectivity index (χ4v) is 2.21. The Morgan fingerprint density at radius 1 is 1.21 bits per heavy atom. The first kappa shape index (κ1) is 12.2. The van der Waals surface area contributed by atoms with Crippen LogP contribution in [0.5, 0.6) is 0 Å². The number of hydrogen-bond acceptors (Lipinski definition) is 6. The summed E-state index contributed by atoms with van der Waals surface area (Å²) in [4.78, 5) is 12.7. The zero-order valence-corrected chi connectivity index (χ0v) is 11.5. The average molecular weight is 293 g/mol. The van der Waals surface area contributed by atoms with Crippen molar-refractivity contribution < 1.29 is 0 Å². The molecule has 0 radical (unpaired) electrons. The van der Waals surface area contributed by atoms with Crippen LogP contribution in [0.15, 0.2) is 29.4 Å². The van der Waals surface area contributed by atoms with Gasteiger partial charge >= 0.3 is 0 Å². The number of rotatable bonds is 2. The lowest BCUT2D eigenvalue weighted by atomic mass is 10.2. The summed E-state index contributed by atoms with van der Waals surface area (Å²) in [6.45, 7) is 0. The summed E-state index contributed by atoms with van der Waals surface area (Å²) < 4.78 is 1.40. The third-order valence-electron chi connectivity index (χ3n) is 2.51. The molecular weight excluding hydrogens is 284 g/mol. The fraction of sp³-hybridized carbons (Fsp3) is 0.0909. The van der Waals surface area contributed by atoms with Crippen molar-refractivity contribution in [3.8, 4) is 11.4 Å². The van der Waals surface area contributed by atoms with E-state index < -0.39 is 0 Å². The normalized spacial score (nSPS) is 11.1. The number of nitrogens with zero attached hydrogens (tertiary/aromatic N) is 5. The number of aromatic nitrogens is 5. The maximum absolute atomic E-state index is 6.12. The fourth-order valence-electron chi connectivity index (χ4n) is 1.63. The maximum Gasteiger partial charge on any atom is 0.258 e. The Hall–Kier alpha value is -1.86. The van der Waals surface area contributed by atoms with Gasteiger partial charge in [-0.05, 0) is 18.4 Å². The molecule has 6 nitrogen and oxygen atoms in total. The van der Waals surface area contributed by atoms with E-state index >= 15 is 0 Å². The molecular formula is C11H9ClN6S. The smallest absolute Gasteiger partial charge is 0.258 e. The van der Waals surface area contributed by atoms with Crippen molar-refractivity contribution >= 4 is 35.1 Å². The van der Waals surface area contributed by atoms with Gasteiger partial charge in [-0.3, -0.25) is 0 Å². The highest BCUT2D eigenvalue weighted by Crippen LogP contribution is 2.25. The first-order valence-electron chi connectivity index (χ1n) is 5.38. The number of nitrogen functional groups attached to an aromatic ring is 1. The van der Waals surface area contributed by atoms with Crippen LogP contribution < -0.4 is 5.73 Å². The molecule has 0 aliphatic heterocycles. The van der Waals surface area contributed by atoms with Gasteiger partial charge in [0.25, 0.3) is 5.78 Å². The molecule has 8 heteroatoms. The van der Waals surface area contributed by atoms with Crippen LogP contribution in [0.25, 0.3) is 17.2 Å². The molecule has 0 aliphatic carbocycles. The second kappa shape index (κ2) is 4.67. The monoisotopic (exact) mass is 292 g/mol. The molecule has 0 bridgehead atoms. The molecule has 0 saturated heterocycles. The Bertz CT molecular complexity index is 756. The first-order valence-corrected chi connectivity index (χ1v) is 6.98.